The number of hydrazine groups is 1. The van der Waals surface area contributed by atoms with E-state index in [1.807, 2.05) is 50.9 Å². The quantitative estimate of drug-likeness (QED) is 0.314. The Labute approximate surface area is 220 Å². The molecule has 1 heterocycles. The summed E-state index contributed by atoms with van der Waals surface area (Å²) in [5, 5.41) is 6.52. The molecular weight excluding hydrogens is 476 g/mol. The summed E-state index contributed by atoms with van der Waals surface area (Å²) in [7, 11) is 0. The van der Waals surface area contributed by atoms with E-state index in [2.05, 4.69) is 5.32 Å². The van der Waals surface area contributed by atoms with Gasteiger partial charge in [-0.1, -0.05) is 58.0 Å². The minimum Gasteiger partial charge on any atom is -0.465 e. The Morgan fingerprint density at radius 3 is 2.24 bits per heavy atom. The molecule has 0 aromatic heterocycles. The summed E-state index contributed by atoms with van der Waals surface area (Å²) in [5.74, 6) is -1.58. The molecule has 37 heavy (non-hydrogen) atoms. The van der Waals surface area contributed by atoms with E-state index in [4.69, 9.17) is 9.47 Å². The van der Waals surface area contributed by atoms with Gasteiger partial charge in [-0.3, -0.25) is 19.4 Å². The summed E-state index contributed by atoms with van der Waals surface area (Å²) in [4.78, 5) is 54.1. The van der Waals surface area contributed by atoms with Crippen LogP contribution in [0, 0.1) is 5.92 Å². The Bertz CT molecular complexity index is 884. The number of nitrogens with one attached hydrogen (secondary N) is 1. The fourth-order valence-corrected chi connectivity index (χ4v) is 4.37. The van der Waals surface area contributed by atoms with Crippen molar-refractivity contribution >= 4 is 23.9 Å². The summed E-state index contributed by atoms with van der Waals surface area (Å²) in [6.45, 7) is 10.5. The first kappa shape index (κ1) is 30.2. The first-order valence-electron chi connectivity index (χ1n) is 13.2. The number of hydrogen-bond donors (Lipinski definition) is 1. The second-order valence-electron chi connectivity index (χ2n) is 9.39. The van der Waals surface area contributed by atoms with Crippen LogP contribution in [0.3, 0.4) is 0 Å². The van der Waals surface area contributed by atoms with Crippen LogP contribution in [0.5, 0.6) is 0 Å². The maximum absolute atomic E-state index is 14.0. The zero-order chi connectivity index (χ0) is 27.4. The predicted molar refractivity (Wildman–Crippen MR) is 139 cm³/mol. The zero-order valence-electron chi connectivity index (χ0n) is 22.8. The average Bonchev–Trinajstić information content (AvgIpc) is 3.43. The standard InChI is InChI=1S/C27H42N4O6/c1-6-29(7-2)31(25(33)22-15-12-16-28-22)23(17-20(4)5)26(34)30(18-24(32)36-8-3)27(35)37-19-21-13-10-9-11-14-21/h9-11,13-14,20,22-23,28H,6-8,12,15-19H2,1-5H3/t22-,23-/m0/s1. The average molecular weight is 519 g/mol. The van der Waals surface area contributed by atoms with E-state index < -0.39 is 36.6 Å². The molecule has 10 nitrogen and oxygen atoms in total. The third-order valence-corrected chi connectivity index (χ3v) is 6.18. The summed E-state index contributed by atoms with van der Waals surface area (Å²) < 4.78 is 10.5. The smallest absolute Gasteiger partial charge is 0.417 e. The largest absolute Gasteiger partial charge is 0.465 e. The SMILES string of the molecule is CCOC(=O)CN(C(=O)OCc1ccccc1)C(=O)[C@H](CC(C)C)N(C(=O)[C@@H]1CCCN1)N(CC)CC. The number of hydrogen-bond acceptors (Lipinski definition) is 8. The van der Waals surface area contributed by atoms with Crippen LogP contribution < -0.4 is 5.32 Å². The lowest BCUT2D eigenvalue weighted by atomic mass is 10.0. The van der Waals surface area contributed by atoms with Crippen LogP contribution in [0.1, 0.15) is 59.4 Å². The zero-order valence-corrected chi connectivity index (χ0v) is 22.8. The van der Waals surface area contributed by atoms with E-state index in [0.29, 0.717) is 25.9 Å². The minimum absolute atomic E-state index is 0.0288. The highest BCUT2D eigenvalue weighted by Crippen LogP contribution is 2.21. The van der Waals surface area contributed by atoms with E-state index in [9.17, 15) is 19.2 Å². The van der Waals surface area contributed by atoms with Gasteiger partial charge in [-0.25, -0.2) is 14.7 Å². The number of imide groups is 1. The summed E-state index contributed by atoms with van der Waals surface area (Å²) in [6.07, 6.45) is 0.886. The van der Waals surface area contributed by atoms with Crippen LogP contribution >= 0.6 is 0 Å². The number of amides is 3. The number of carbonyl (C=O) groups excluding carboxylic acids is 4. The summed E-state index contributed by atoms with van der Waals surface area (Å²) in [6, 6.07) is 7.65. The minimum atomic E-state index is -0.992. The maximum Gasteiger partial charge on any atom is 0.417 e. The van der Waals surface area contributed by atoms with Crippen LogP contribution in [0.15, 0.2) is 30.3 Å². The molecule has 2 atom stereocenters. The summed E-state index contributed by atoms with van der Waals surface area (Å²) in [5.41, 5.74) is 0.741. The van der Waals surface area contributed by atoms with Crippen LogP contribution in [-0.4, -0.2) is 83.7 Å². The number of ether oxygens (including phenoxy) is 2. The molecule has 1 fully saturated rings. The number of carbonyl (C=O) groups is 4. The molecular formula is C27H42N4O6. The molecule has 3 amide bonds. The molecule has 1 saturated heterocycles. The maximum atomic E-state index is 14.0. The third-order valence-electron chi connectivity index (χ3n) is 6.18. The number of benzene rings is 1. The molecule has 0 bridgehead atoms. The van der Waals surface area contributed by atoms with Gasteiger partial charge in [-0.2, -0.15) is 0 Å². The fourth-order valence-electron chi connectivity index (χ4n) is 4.37. The molecule has 2 rings (SSSR count). The van der Waals surface area contributed by atoms with Gasteiger partial charge in [0.15, 0.2) is 0 Å². The topological polar surface area (TPSA) is 108 Å². The third kappa shape index (κ3) is 8.82. The highest BCUT2D eigenvalue weighted by atomic mass is 16.6. The van der Waals surface area contributed by atoms with Crippen molar-refractivity contribution in [1.29, 1.82) is 0 Å². The molecule has 10 heteroatoms. The Morgan fingerprint density at radius 1 is 1.03 bits per heavy atom. The van der Waals surface area contributed by atoms with Crippen molar-refractivity contribution in [2.24, 2.45) is 5.92 Å². The van der Waals surface area contributed by atoms with Crippen molar-refractivity contribution in [2.75, 3.05) is 32.8 Å². The van der Waals surface area contributed by atoms with Crippen molar-refractivity contribution < 1.29 is 28.7 Å². The Kier molecular flexibility index (Phi) is 12.5. The Balaban J connectivity index is 2.41. The van der Waals surface area contributed by atoms with E-state index in [1.165, 1.54) is 5.01 Å². The van der Waals surface area contributed by atoms with Gasteiger partial charge in [0.2, 0.25) is 0 Å². The molecule has 0 saturated carbocycles. The lowest BCUT2D eigenvalue weighted by Crippen LogP contribution is -2.62. The van der Waals surface area contributed by atoms with Gasteiger partial charge in [0.1, 0.15) is 19.2 Å². The van der Waals surface area contributed by atoms with Gasteiger partial charge in [0, 0.05) is 13.1 Å². The van der Waals surface area contributed by atoms with Crippen molar-refractivity contribution in [3.8, 4) is 0 Å². The molecule has 0 spiro atoms. The highest BCUT2D eigenvalue weighted by molar-refractivity contribution is 5.99. The monoisotopic (exact) mass is 518 g/mol. The molecule has 1 aromatic carbocycles. The van der Waals surface area contributed by atoms with Gasteiger partial charge >= 0.3 is 12.1 Å². The first-order valence-corrected chi connectivity index (χ1v) is 13.2. The van der Waals surface area contributed by atoms with Crippen molar-refractivity contribution in [3.63, 3.8) is 0 Å². The van der Waals surface area contributed by atoms with Crippen molar-refractivity contribution in [3.05, 3.63) is 35.9 Å². The second kappa shape index (κ2) is 15.3. The molecule has 206 valence electrons. The molecule has 1 aromatic rings. The lowest BCUT2D eigenvalue weighted by molar-refractivity contribution is -0.167. The van der Waals surface area contributed by atoms with Gasteiger partial charge < -0.3 is 14.8 Å². The second-order valence-corrected chi connectivity index (χ2v) is 9.39. The molecule has 1 N–H and O–H groups in total. The molecule has 1 aliphatic rings. The van der Waals surface area contributed by atoms with Gasteiger partial charge in [0.25, 0.3) is 11.8 Å². The van der Waals surface area contributed by atoms with Crippen molar-refractivity contribution in [2.45, 2.75) is 72.6 Å². The number of esters is 1. The van der Waals surface area contributed by atoms with Crippen LogP contribution in [0.4, 0.5) is 4.79 Å². The van der Waals surface area contributed by atoms with Crippen LogP contribution in [0.2, 0.25) is 0 Å². The van der Waals surface area contributed by atoms with Crippen LogP contribution in [0.25, 0.3) is 0 Å². The van der Waals surface area contributed by atoms with E-state index >= 15 is 0 Å². The number of nitrogens with zero attached hydrogens (tertiary/aromatic N) is 3. The molecule has 0 radical (unpaired) electrons. The number of rotatable bonds is 13. The van der Waals surface area contributed by atoms with Crippen LogP contribution in [-0.2, 0) is 30.5 Å². The van der Waals surface area contributed by atoms with E-state index in [0.717, 1.165) is 23.4 Å². The molecule has 1 aliphatic heterocycles. The van der Waals surface area contributed by atoms with Crippen molar-refractivity contribution in [1.82, 2.24) is 20.2 Å². The highest BCUT2D eigenvalue weighted by Gasteiger charge is 2.42. The Hall–Kier alpha value is -2.98. The summed E-state index contributed by atoms with van der Waals surface area (Å²) >= 11 is 0. The predicted octanol–water partition coefficient (Wildman–Crippen LogP) is 2.97. The molecule has 0 unspecified atom stereocenters. The van der Waals surface area contributed by atoms with Gasteiger partial charge in [-0.05, 0) is 44.2 Å². The fraction of sp³-hybridized carbons (Fsp3) is 0.630. The molecule has 0 aliphatic carbocycles. The Morgan fingerprint density at radius 2 is 1.70 bits per heavy atom. The normalized spacial score (nSPS) is 15.9. The van der Waals surface area contributed by atoms with E-state index in [1.54, 1.807) is 19.1 Å². The first-order chi connectivity index (χ1) is 17.7. The lowest BCUT2D eigenvalue weighted by Gasteiger charge is -2.41. The van der Waals surface area contributed by atoms with Gasteiger partial charge in [-0.15, -0.1) is 0 Å². The van der Waals surface area contributed by atoms with E-state index in [-0.39, 0.29) is 25.0 Å². The van der Waals surface area contributed by atoms with Gasteiger partial charge in [0.05, 0.1) is 12.6 Å².